The standard InChI is InChI=1S/C18H32O16/c19-1-4-7(22)8(23)12(27)17(31-4)34-15-6(3-21)32-18(13(28)10(15)25)33-14-5(2-20)30-16(29)11(26)9(14)24/h4-29H,1-3H2/t4?,5?,6?,7-,8-,9+,10+,11?,12?,13?,14+,15-,16+,17+,18-/m0/s1. The minimum Gasteiger partial charge on any atom is -0.394 e. The second-order valence-electron chi connectivity index (χ2n) is 8.33. The van der Waals surface area contributed by atoms with E-state index in [2.05, 4.69) is 0 Å². The summed E-state index contributed by atoms with van der Waals surface area (Å²) >= 11 is 0. The lowest BCUT2D eigenvalue weighted by Gasteiger charge is -2.47. The molecule has 0 spiro atoms. The van der Waals surface area contributed by atoms with Crippen LogP contribution in [-0.4, -0.2) is 168 Å². The summed E-state index contributed by atoms with van der Waals surface area (Å²) < 4.78 is 26.4. The van der Waals surface area contributed by atoms with Crippen molar-refractivity contribution in [3.63, 3.8) is 0 Å². The highest BCUT2D eigenvalue weighted by Gasteiger charge is 2.53. The largest absolute Gasteiger partial charge is 0.394 e. The average molecular weight is 504 g/mol. The summed E-state index contributed by atoms with van der Waals surface area (Å²) in [5.74, 6) is 0. The van der Waals surface area contributed by atoms with Gasteiger partial charge in [0.15, 0.2) is 18.9 Å². The SMILES string of the molecule is OCC1O[C@@H](O)C(O)[C@@H](O)[C@@H]1O[C@@H]1OC(CO)[C@H](O[C@H]2OC(CO)[C@H](O)[C@H](O)C2O)[C@H](O)C1O. The van der Waals surface area contributed by atoms with Gasteiger partial charge in [0.05, 0.1) is 19.8 Å². The Morgan fingerprint density at radius 3 is 1.35 bits per heavy atom. The minimum atomic E-state index is -1.91. The summed E-state index contributed by atoms with van der Waals surface area (Å²) in [6.07, 6.45) is -25.1. The topological polar surface area (TPSA) is 269 Å². The molecule has 0 aromatic heterocycles. The Bertz CT molecular complexity index is 635. The molecule has 0 aromatic carbocycles. The maximum Gasteiger partial charge on any atom is 0.187 e. The van der Waals surface area contributed by atoms with Crippen LogP contribution >= 0.6 is 0 Å². The molecule has 0 aliphatic carbocycles. The predicted octanol–water partition coefficient (Wildman–Crippen LogP) is -7.57. The van der Waals surface area contributed by atoms with Crippen LogP contribution in [0.4, 0.5) is 0 Å². The number of aliphatic hydroxyl groups excluding tert-OH is 11. The molecular formula is C18H32O16. The van der Waals surface area contributed by atoms with Gasteiger partial charge >= 0.3 is 0 Å². The van der Waals surface area contributed by atoms with Crippen molar-refractivity contribution < 1.29 is 79.9 Å². The van der Waals surface area contributed by atoms with E-state index in [4.69, 9.17) is 23.7 Å². The Balaban J connectivity index is 1.72. The molecule has 16 heteroatoms. The lowest BCUT2D eigenvalue weighted by Crippen LogP contribution is -2.66. The molecule has 0 bridgehead atoms. The predicted molar refractivity (Wildman–Crippen MR) is 101 cm³/mol. The van der Waals surface area contributed by atoms with E-state index in [0.717, 1.165) is 0 Å². The monoisotopic (exact) mass is 504 g/mol. The van der Waals surface area contributed by atoms with E-state index in [0.29, 0.717) is 0 Å². The first-order valence-electron chi connectivity index (χ1n) is 10.6. The van der Waals surface area contributed by atoms with Gasteiger partial charge in [0.2, 0.25) is 0 Å². The van der Waals surface area contributed by atoms with Crippen LogP contribution in [0, 0.1) is 0 Å². The van der Waals surface area contributed by atoms with E-state index in [9.17, 15) is 56.2 Å². The van der Waals surface area contributed by atoms with E-state index in [1.54, 1.807) is 0 Å². The number of hydrogen-bond acceptors (Lipinski definition) is 16. The maximum atomic E-state index is 10.6. The first kappa shape index (κ1) is 27.9. The van der Waals surface area contributed by atoms with Crippen molar-refractivity contribution in [2.45, 2.75) is 92.1 Å². The molecule has 0 aromatic rings. The van der Waals surface area contributed by atoms with Gasteiger partial charge in [-0.25, -0.2) is 0 Å². The minimum absolute atomic E-state index is 0.741. The fourth-order valence-corrected chi connectivity index (χ4v) is 4.06. The van der Waals surface area contributed by atoms with Crippen molar-refractivity contribution in [2.24, 2.45) is 0 Å². The molecule has 3 aliphatic heterocycles. The summed E-state index contributed by atoms with van der Waals surface area (Å²) in [5.41, 5.74) is 0. The first-order valence-corrected chi connectivity index (χ1v) is 10.6. The van der Waals surface area contributed by atoms with E-state index < -0.39 is 112 Å². The van der Waals surface area contributed by atoms with Crippen LogP contribution in [0.15, 0.2) is 0 Å². The Morgan fingerprint density at radius 1 is 0.441 bits per heavy atom. The van der Waals surface area contributed by atoms with E-state index in [1.165, 1.54) is 0 Å². The molecule has 3 heterocycles. The number of aliphatic hydroxyl groups is 11. The van der Waals surface area contributed by atoms with Crippen LogP contribution < -0.4 is 0 Å². The van der Waals surface area contributed by atoms with Gasteiger partial charge < -0.3 is 79.9 Å². The van der Waals surface area contributed by atoms with Crippen molar-refractivity contribution >= 4 is 0 Å². The van der Waals surface area contributed by atoms with Gasteiger partial charge in [-0.1, -0.05) is 0 Å². The summed E-state index contributed by atoms with van der Waals surface area (Å²) in [4.78, 5) is 0. The van der Waals surface area contributed by atoms with Gasteiger partial charge in [0, 0.05) is 0 Å². The Kier molecular flexibility index (Phi) is 9.54. The molecule has 0 radical (unpaired) electrons. The molecule has 3 rings (SSSR count). The van der Waals surface area contributed by atoms with E-state index in [1.807, 2.05) is 0 Å². The summed E-state index contributed by atoms with van der Waals surface area (Å²) in [7, 11) is 0. The highest BCUT2D eigenvalue weighted by Crippen LogP contribution is 2.32. The third-order valence-corrected chi connectivity index (χ3v) is 6.09. The highest BCUT2D eigenvalue weighted by molar-refractivity contribution is 4.96. The van der Waals surface area contributed by atoms with Crippen molar-refractivity contribution in [1.82, 2.24) is 0 Å². The fraction of sp³-hybridized carbons (Fsp3) is 1.00. The first-order chi connectivity index (χ1) is 16.0. The number of rotatable bonds is 7. The van der Waals surface area contributed by atoms with Crippen molar-refractivity contribution in [2.75, 3.05) is 19.8 Å². The zero-order chi connectivity index (χ0) is 25.3. The van der Waals surface area contributed by atoms with Crippen LogP contribution in [0.3, 0.4) is 0 Å². The lowest BCUT2D eigenvalue weighted by molar-refractivity contribution is -0.377. The Labute approximate surface area is 192 Å². The summed E-state index contributed by atoms with van der Waals surface area (Å²) in [6, 6.07) is 0. The second kappa shape index (κ2) is 11.6. The van der Waals surface area contributed by atoms with Gasteiger partial charge in [-0.2, -0.15) is 0 Å². The van der Waals surface area contributed by atoms with E-state index >= 15 is 0 Å². The van der Waals surface area contributed by atoms with Crippen LogP contribution in [0.5, 0.6) is 0 Å². The Morgan fingerprint density at radius 2 is 0.853 bits per heavy atom. The highest BCUT2D eigenvalue weighted by atomic mass is 16.8. The molecule has 3 fully saturated rings. The smallest absolute Gasteiger partial charge is 0.187 e. The molecule has 3 saturated heterocycles. The van der Waals surface area contributed by atoms with Crippen LogP contribution in [-0.2, 0) is 23.7 Å². The molecule has 15 atom stereocenters. The lowest BCUT2D eigenvalue weighted by atomic mass is 9.96. The normalized spacial score (nSPS) is 52.5. The zero-order valence-corrected chi connectivity index (χ0v) is 17.7. The van der Waals surface area contributed by atoms with Crippen molar-refractivity contribution in [1.29, 1.82) is 0 Å². The van der Waals surface area contributed by atoms with Gasteiger partial charge in [0.1, 0.15) is 73.2 Å². The zero-order valence-electron chi connectivity index (χ0n) is 17.7. The third-order valence-electron chi connectivity index (χ3n) is 6.09. The fourth-order valence-electron chi connectivity index (χ4n) is 4.06. The molecule has 34 heavy (non-hydrogen) atoms. The number of ether oxygens (including phenoxy) is 5. The van der Waals surface area contributed by atoms with Gasteiger partial charge in [-0.05, 0) is 0 Å². The van der Waals surface area contributed by atoms with Crippen molar-refractivity contribution in [3.8, 4) is 0 Å². The van der Waals surface area contributed by atoms with Crippen LogP contribution in [0.1, 0.15) is 0 Å². The molecule has 6 unspecified atom stereocenters. The van der Waals surface area contributed by atoms with Crippen molar-refractivity contribution in [3.05, 3.63) is 0 Å². The average Bonchev–Trinajstić information content (AvgIpc) is 2.83. The second-order valence-corrected chi connectivity index (χ2v) is 8.33. The molecular weight excluding hydrogens is 472 g/mol. The van der Waals surface area contributed by atoms with E-state index in [-0.39, 0.29) is 0 Å². The molecule has 11 N–H and O–H groups in total. The van der Waals surface area contributed by atoms with Crippen LogP contribution in [0.25, 0.3) is 0 Å². The summed E-state index contributed by atoms with van der Waals surface area (Å²) in [5, 5.41) is 109. The third kappa shape index (κ3) is 5.37. The van der Waals surface area contributed by atoms with Crippen LogP contribution in [0.2, 0.25) is 0 Å². The van der Waals surface area contributed by atoms with Gasteiger partial charge in [-0.3, -0.25) is 0 Å². The maximum absolute atomic E-state index is 10.6. The Hall–Kier alpha value is -0.640. The molecule has 0 amide bonds. The van der Waals surface area contributed by atoms with Gasteiger partial charge in [0.25, 0.3) is 0 Å². The number of hydrogen-bond donors (Lipinski definition) is 11. The summed E-state index contributed by atoms with van der Waals surface area (Å²) in [6.45, 7) is -2.32. The molecule has 16 nitrogen and oxygen atoms in total. The molecule has 3 aliphatic rings. The molecule has 200 valence electrons. The van der Waals surface area contributed by atoms with Gasteiger partial charge in [-0.15, -0.1) is 0 Å². The molecule has 0 saturated carbocycles. The quantitative estimate of drug-likeness (QED) is 0.154.